The highest BCUT2D eigenvalue weighted by atomic mass is 127. The minimum Gasteiger partial charge on any atom is -0.475 e. The lowest BCUT2D eigenvalue weighted by Crippen LogP contribution is -2.40. The molecule has 0 radical (unpaired) electrons. The summed E-state index contributed by atoms with van der Waals surface area (Å²) in [6.07, 6.45) is -3.23. The van der Waals surface area contributed by atoms with E-state index in [4.69, 9.17) is 4.74 Å². The predicted octanol–water partition coefficient (Wildman–Crippen LogP) is 4.13. The third-order valence-corrected chi connectivity index (χ3v) is 4.32. The van der Waals surface area contributed by atoms with Gasteiger partial charge in [0.05, 0.1) is 6.54 Å². The number of nitrogens with one attached hydrogen (secondary N) is 2. The smallest absolute Gasteiger partial charge is 0.421 e. The van der Waals surface area contributed by atoms with Crippen molar-refractivity contribution in [3.63, 3.8) is 0 Å². The Morgan fingerprint density at radius 1 is 1.33 bits per heavy atom. The molecular weight excluding hydrogens is 492 g/mol. The summed E-state index contributed by atoms with van der Waals surface area (Å²) in [4.78, 5) is 7.74. The molecular formula is C17H22F3IN4OS. The van der Waals surface area contributed by atoms with Crippen molar-refractivity contribution in [2.45, 2.75) is 19.0 Å². The molecule has 0 amide bonds. The van der Waals surface area contributed by atoms with E-state index in [1.54, 1.807) is 18.4 Å². The van der Waals surface area contributed by atoms with Crippen LogP contribution in [-0.4, -0.2) is 37.7 Å². The van der Waals surface area contributed by atoms with E-state index in [1.807, 2.05) is 5.38 Å². The average Bonchev–Trinajstić information content (AvgIpc) is 3.15. The fraction of sp³-hybridized carbons (Fsp3) is 0.412. The van der Waals surface area contributed by atoms with E-state index < -0.39 is 17.6 Å². The topological polar surface area (TPSA) is 58.5 Å². The standard InChI is InChI=1S/C17H21F3N4OS.HI/c1-12(13-5-9-26-11-13)10-24-16(21-2)23-7-8-25-15-14(17(18,19)20)4-3-6-22-15;/h3-6,9,11-12H,7-8,10H2,1-2H3,(H2,21,23,24);1H. The third kappa shape index (κ3) is 7.53. The van der Waals surface area contributed by atoms with Crippen LogP contribution in [0.15, 0.2) is 40.1 Å². The number of halogens is 4. The quantitative estimate of drug-likeness (QED) is 0.253. The van der Waals surface area contributed by atoms with Gasteiger partial charge < -0.3 is 15.4 Å². The summed E-state index contributed by atoms with van der Waals surface area (Å²) in [6, 6.07) is 4.25. The molecule has 150 valence electrons. The number of alkyl halides is 3. The number of guanidine groups is 1. The van der Waals surface area contributed by atoms with Gasteiger partial charge in [-0.1, -0.05) is 6.92 Å². The number of thiophene rings is 1. The van der Waals surface area contributed by atoms with Gasteiger partial charge in [-0.05, 0) is 40.4 Å². The second-order valence-corrected chi connectivity index (χ2v) is 6.32. The van der Waals surface area contributed by atoms with Crippen molar-refractivity contribution >= 4 is 41.3 Å². The molecule has 1 atom stereocenters. The SMILES string of the molecule is CN=C(NCCOc1ncccc1C(F)(F)F)NCC(C)c1ccsc1.I. The van der Waals surface area contributed by atoms with Gasteiger partial charge in [0.1, 0.15) is 12.2 Å². The summed E-state index contributed by atoms with van der Waals surface area (Å²) < 4.78 is 43.8. The number of pyridine rings is 1. The summed E-state index contributed by atoms with van der Waals surface area (Å²) in [7, 11) is 1.63. The van der Waals surface area contributed by atoms with Crippen molar-refractivity contribution in [2.24, 2.45) is 4.99 Å². The van der Waals surface area contributed by atoms with Crippen LogP contribution in [0.4, 0.5) is 13.2 Å². The Labute approximate surface area is 177 Å². The number of hydrogen-bond acceptors (Lipinski definition) is 4. The molecule has 0 aromatic carbocycles. The Morgan fingerprint density at radius 3 is 2.74 bits per heavy atom. The average molecular weight is 514 g/mol. The number of aromatic nitrogens is 1. The van der Waals surface area contributed by atoms with Crippen LogP contribution in [-0.2, 0) is 6.18 Å². The van der Waals surface area contributed by atoms with Crippen molar-refractivity contribution < 1.29 is 17.9 Å². The van der Waals surface area contributed by atoms with E-state index >= 15 is 0 Å². The van der Waals surface area contributed by atoms with E-state index in [-0.39, 0.29) is 30.6 Å². The fourth-order valence-electron chi connectivity index (χ4n) is 2.18. The monoisotopic (exact) mass is 514 g/mol. The fourth-order valence-corrected chi connectivity index (χ4v) is 2.96. The molecule has 0 spiro atoms. The van der Waals surface area contributed by atoms with Gasteiger partial charge in [-0.25, -0.2) is 4.98 Å². The molecule has 0 saturated carbocycles. The molecule has 0 aliphatic rings. The van der Waals surface area contributed by atoms with Crippen LogP contribution < -0.4 is 15.4 Å². The molecule has 0 aliphatic heterocycles. The first-order valence-corrected chi connectivity index (χ1v) is 8.97. The Morgan fingerprint density at radius 2 is 2.11 bits per heavy atom. The first-order valence-electron chi connectivity index (χ1n) is 8.03. The molecule has 0 fully saturated rings. The molecule has 0 bridgehead atoms. The van der Waals surface area contributed by atoms with E-state index in [9.17, 15) is 13.2 Å². The zero-order valence-electron chi connectivity index (χ0n) is 14.9. The lowest BCUT2D eigenvalue weighted by Gasteiger charge is -2.16. The number of aliphatic imine (C=N–C) groups is 1. The van der Waals surface area contributed by atoms with Crippen molar-refractivity contribution in [1.82, 2.24) is 15.6 Å². The second-order valence-electron chi connectivity index (χ2n) is 5.54. The lowest BCUT2D eigenvalue weighted by atomic mass is 10.1. The zero-order valence-corrected chi connectivity index (χ0v) is 18.1. The maximum atomic E-state index is 12.9. The lowest BCUT2D eigenvalue weighted by molar-refractivity contribution is -0.139. The third-order valence-electron chi connectivity index (χ3n) is 3.62. The molecule has 1 unspecified atom stereocenters. The van der Waals surface area contributed by atoms with Gasteiger partial charge in [-0.2, -0.15) is 24.5 Å². The molecule has 2 aromatic rings. The highest BCUT2D eigenvalue weighted by Crippen LogP contribution is 2.34. The number of nitrogens with zero attached hydrogens (tertiary/aromatic N) is 2. The summed E-state index contributed by atoms with van der Waals surface area (Å²) in [6.45, 7) is 3.11. The molecule has 2 rings (SSSR count). The first kappa shape index (κ1) is 23.5. The van der Waals surface area contributed by atoms with Gasteiger partial charge in [-0.15, -0.1) is 24.0 Å². The Bertz CT molecular complexity index is 710. The summed E-state index contributed by atoms with van der Waals surface area (Å²) >= 11 is 1.65. The van der Waals surface area contributed by atoms with Crippen LogP contribution in [0.25, 0.3) is 0 Å². The van der Waals surface area contributed by atoms with Crippen molar-refractivity contribution in [3.8, 4) is 5.88 Å². The summed E-state index contributed by atoms with van der Waals surface area (Å²) in [5.74, 6) is 0.461. The van der Waals surface area contributed by atoms with Crippen molar-refractivity contribution in [2.75, 3.05) is 26.7 Å². The maximum Gasteiger partial charge on any atom is 0.421 e. The Balaban J connectivity index is 0.00000364. The van der Waals surface area contributed by atoms with Gasteiger partial charge in [-0.3, -0.25) is 4.99 Å². The molecule has 5 nitrogen and oxygen atoms in total. The first-order chi connectivity index (χ1) is 12.4. The minimum absolute atomic E-state index is 0. The summed E-state index contributed by atoms with van der Waals surface area (Å²) in [5, 5.41) is 10.3. The maximum absolute atomic E-state index is 12.9. The Hall–Kier alpha value is -1.56. The van der Waals surface area contributed by atoms with Crippen LogP contribution in [0.2, 0.25) is 0 Å². The largest absolute Gasteiger partial charge is 0.475 e. The number of rotatable bonds is 7. The van der Waals surface area contributed by atoms with Crippen LogP contribution in [0.1, 0.15) is 24.0 Å². The van der Waals surface area contributed by atoms with Gasteiger partial charge in [0.2, 0.25) is 5.88 Å². The van der Waals surface area contributed by atoms with Crippen LogP contribution in [0.3, 0.4) is 0 Å². The molecule has 10 heteroatoms. The van der Waals surface area contributed by atoms with E-state index in [1.165, 1.54) is 17.8 Å². The van der Waals surface area contributed by atoms with Crippen LogP contribution in [0, 0.1) is 0 Å². The molecule has 2 aromatic heterocycles. The molecule has 0 saturated heterocycles. The van der Waals surface area contributed by atoms with Gasteiger partial charge in [0, 0.05) is 19.8 Å². The van der Waals surface area contributed by atoms with Crippen molar-refractivity contribution in [3.05, 3.63) is 46.3 Å². The number of hydrogen-bond donors (Lipinski definition) is 2. The molecule has 0 aliphatic carbocycles. The van der Waals surface area contributed by atoms with E-state index in [0.717, 1.165) is 6.07 Å². The molecule has 27 heavy (non-hydrogen) atoms. The summed E-state index contributed by atoms with van der Waals surface area (Å²) in [5.41, 5.74) is 0.364. The van der Waals surface area contributed by atoms with Crippen LogP contribution in [0.5, 0.6) is 5.88 Å². The molecule has 2 heterocycles. The normalized spacial score (nSPS) is 12.9. The van der Waals surface area contributed by atoms with Gasteiger partial charge in [0.25, 0.3) is 0 Å². The van der Waals surface area contributed by atoms with Crippen molar-refractivity contribution in [1.29, 1.82) is 0 Å². The predicted molar refractivity (Wildman–Crippen MR) is 112 cm³/mol. The Kier molecular flexibility index (Phi) is 9.84. The van der Waals surface area contributed by atoms with E-state index in [0.29, 0.717) is 25.0 Å². The highest BCUT2D eigenvalue weighted by Gasteiger charge is 2.34. The minimum atomic E-state index is -4.49. The zero-order chi connectivity index (χ0) is 19.0. The van der Waals surface area contributed by atoms with Crippen LogP contribution >= 0.6 is 35.3 Å². The van der Waals surface area contributed by atoms with E-state index in [2.05, 4.69) is 39.0 Å². The second kappa shape index (κ2) is 11.3. The number of ether oxygens (including phenoxy) is 1. The molecule has 2 N–H and O–H groups in total. The van der Waals surface area contributed by atoms with Gasteiger partial charge >= 0.3 is 6.18 Å². The van der Waals surface area contributed by atoms with Gasteiger partial charge in [0.15, 0.2) is 5.96 Å². The highest BCUT2D eigenvalue weighted by molar-refractivity contribution is 14.0.